The monoisotopic (exact) mass is 363 g/mol. The second-order valence-corrected chi connectivity index (χ2v) is 5.68. The van der Waals surface area contributed by atoms with E-state index in [1.165, 1.54) is 0 Å². The first-order chi connectivity index (χ1) is 10.6. The average Bonchev–Trinajstić information content (AvgIpc) is 2.55. The first kappa shape index (κ1) is 16.4. The maximum atomic E-state index is 12.5. The van der Waals surface area contributed by atoms with Gasteiger partial charge < -0.3 is 14.4 Å². The molecule has 0 unspecified atom stereocenters. The van der Waals surface area contributed by atoms with Crippen LogP contribution in [0.25, 0.3) is 0 Å². The molecule has 0 bridgehead atoms. The Hall–Kier alpha value is -2.01. The zero-order valence-corrected chi connectivity index (χ0v) is 14.4. The lowest BCUT2D eigenvalue weighted by molar-refractivity contribution is 0.0784. The summed E-state index contributed by atoms with van der Waals surface area (Å²) in [4.78, 5) is 14.2. The molecule has 0 atom stereocenters. The molecule has 2 aromatic rings. The van der Waals surface area contributed by atoms with Crippen molar-refractivity contribution in [2.75, 3.05) is 21.3 Å². The summed E-state index contributed by atoms with van der Waals surface area (Å²) in [5.41, 5.74) is 1.62. The molecule has 0 radical (unpaired) electrons. The van der Waals surface area contributed by atoms with E-state index in [-0.39, 0.29) is 5.91 Å². The van der Waals surface area contributed by atoms with Crippen molar-refractivity contribution >= 4 is 21.8 Å². The minimum Gasteiger partial charge on any atom is -0.493 e. The molecule has 2 aromatic carbocycles. The number of hydrogen-bond donors (Lipinski definition) is 0. The first-order valence-electron chi connectivity index (χ1n) is 6.77. The van der Waals surface area contributed by atoms with Gasteiger partial charge in [-0.05, 0) is 29.8 Å². The fraction of sp³-hybridized carbons (Fsp3) is 0.235. The third-order valence-corrected chi connectivity index (χ3v) is 4.12. The Bertz CT molecular complexity index is 673. The highest BCUT2D eigenvalue weighted by molar-refractivity contribution is 9.10. The van der Waals surface area contributed by atoms with Gasteiger partial charge >= 0.3 is 0 Å². The average molecular weight is 364 g/mol. The van der Waals surface area contributed by atoms with Gasteiger partial charge in [-0.15, -0.1) is 0 Å². The van der Waals surface area contributed by atoms with Crippen molar-refractivity contribution in [1.29, 1.82) is 0 Å². The van der Waals surface area contributed by atoms with E-state index >= 15 is 0 Å². The Kier molecular flexibility index (Phi) is 5.44. The molecule has 2 rings (SSSR count). The number of rotatable bonds is 5. The minimum absolute atomic E-state index is 0.0725. The number of methoxy groups -OCH3 is 2. The number of ether oxygens (including phenoxy) is 2. The third kappa shape index (κ3) is 3.60. The first-order valence-corrected chi connectivity index (χ1v) is 7.57. The summed E-state index contributed by atoms with van der Waals surface area (Å²) in [5.74, 6) is 1.08. The van der Waals surface area contributed by atoms with Gasteiger partial charge in [0.05, 0.1) is 14.2 Å². The van der Waals surface area contributed by atoms with Crippen LogP contribution in [0.1, 0.15) is 15.9 Å². The molecule has 4 nitrogen and oxygen atoms in total. The lowest BCUT2D eigenvalue weighted by Crippen LogP contribution is -2.26. The molecule has 0 saturated carbocycles. The van der Waals surface area contributed by atoms with E-state index in [4.69, 9.17) is 9.47 Å². The van der Waals surface area contributed by atoms with Crippen LogP contribution in [0.5, 0.6) is 11.5 Å². The number of carbonyl (C=O) groups is 1. The van der Waals surface area contributed by atoms with E-state index in [2.05, 4.69) is 15.9 Å². The molecule has 0 saturated heterocycles. The molecule has 0 aliphatic carbocycles. The predicted molar refractivity (Wildman–Crippen MR) is 89.5 cm³/mol. The van der Waals surface area contributed by atoms with Crippen LogP contribution in [0.15, 0.2) is 46.9 Å². The standard InChI is InChI=1S/C17H18BrNO3/c1-19(11-13-6-4-5-7-14(13)18)17(20)12-8-9-15(21-2)16(10-12)22-3/h4-10H,11H2,1-3H3. The van der Waals surface area contributed by atoms with Crippen LogP contribution in [0, 0.1) is 0 Å². The van der Waals surface area contributed by atoms with Crippen molar-refractivity contribution in [2.24, 2.45) is 0 Å². The fourth-order valence-electron chi connectivity index (χ4n) is 2.14. The summed E-state index contributed by atoms with van der Waals surface area (Å²) in [6, 6.07) is 13.0. The van der Waals surface area contributed by atoms with Crippen molar-refractivity contribution in [2.45, 2.75) is 6.54 Å². The molecule has 116 valence electrons. The predicted octanol–water partition coefficient (Wildman–Crippen LogP) is 3.74. The molecule has 0 aliphatic rings. The van der Waals surface area contributed by atoms with Gasteiger partial charge in [-0.2, -0.15) is 0 Å². The second-order valence-electron chi connectivity index (χ2n) is 4.82. The zero-order chi connectivity index (χ0) is 16.1. The molecule has 22 heavy (non-hydrogen) atoms. The summed E-state index contributed by atoms with van der Waals surface area (Å²) in [7, 11) is 4.90. The highest BCUT2D eigenvalue weighted by Crippen LogP contribution is 2.28. The molecule has 1 amide bonds. The van der Waals surface area contributed by atoms with Crippen molar-refractivity contribution < 1.29 is 14.3 Å². The highest BCUT2D eigenvalue weighted by Gasteiger charge is 2.15. The van der Waals surface area contributed by atoms with Crippen LogP contribution >= 0.6 is 15.9 Å². The maximum Gasteiger partial charge on any atom is 0.254 e. The summed E-state index contributed by atoms with van der Waals surface area (Å²) >= 11 is 3.50. The molecular weight excluding hydrogens is 346 g/mol. The summed E-state index contributed by atoms with van der Waals surface area (Å²) in [6.45, 7) is 0.522. The smallest absolute Gasteiger partial charge is 0.254 e. The number of hydrogen-bond acceptors (Lipinski definition) is 3. The molecule has 0 aromatic heterocycles. The number of nitrogens with zero attached hydrogens (tertiary/aromatic N) is 1. The Balaban J connectivity index is 2.19. The summed E-state index contributed by atoms with van der Waals surface area (Å²) in [6.07, 6.45) is 0. The minimum atomic E-state index is -0.0725. The van der Waals surface area contributed by atoms with Crippen LogP contribution in [0.2, 0.25) is 0 Å². The Morgan fingerprint density at radius 1 is 1.09 bits per heavy atom. The topological polar surface area (TPSA) is 38.8 Å². The molecule has 0 heterocycles. The van der Waals surface area contributed by atoms with E-state index in [0.717, 1.165) is 10.0 Å². The van der Waals surface area contributed by atoms with Crippen molar-refractivity contribution in [3.8, 4) is 11.5 Å². The Morgan fingerprint density at radius 3 is 2.41 bits per heavy atom. The van der Waals surface area contributed by atoms with E-state index in [9.17, 15) is 4.79 Å². The van der Waals surface area contributed by atoms with Crippen molar-refractivity contribution in [1.82, 2.24) is 4.90 Å². The van der Waals surface area contributed by atoms with Crippen LogP contribution < -0.4 is 9.47 Å². The Labute approximate surface area is 138 Å². The van der Waals surface area contributed by atoms with E-state index in [1.807, 2.05) is 24.3 Å². The van der Waals surface area contributed by atoms with Gasteiger partial charge in [-0.1, -0.05) is 34.1 Å². The molecule has 0 aliphatic heterocycles. The largest absolute Gasteiger partial charge is 0.493 e. The van der Waals surface area contributed by atoms with Gasteiger partial charge in [0.2, 0.25) is 0 Å². The van der Waals surface area contributed by atoms with Gasteiger partial charge in [0, 0.05) is 23.6 Å². The normalized spacial score (nSPS) is 10.2. The van der Waals surface area contributed by atoms with Crippen molar-refractivity contribution in [3.05, 3.63) is 58.1 Å². The van der Waals surface area contributed by atoms with Crippen LogP contribution in [-0.2, 0) is 6.54 Å². The molecule has 0 fully saturated rings. The van der Waals surface area contributed by atoms with Crippen LogP contribution in [0.3, 0.4) is 0 Å². The summed E-state index contributed by atoms with van der Waals surface area (Å²) < 4.78 is 11.4. The SMILES string of the molecule is COc1ccc(C(=O)N(C)Cc2ccccc2Br)cc1OC. The Morgan fingerprint density at radius 2 is 1.77 bits per heavy atom. The zero-order valence-electron chi connectivity index (χ0n) is 12.8. The second kappa shape index (κ2) is 7.31. The number of halogens is 1. The van der Waals surface area contributed by atoms with Gasteiger partial charge in [0.1, 0.15) is 0 Å². The number of benzene rings is 2. The van der Waals surface area contributed by atoms with Gasteiger partial charge in [0.25, 0.3) is 5.91 Å². The van der Waals surface area contributed by atoms with E-state index in [1.54, 1.807) is 44.4 Å². The van der Waals surface area contributed by atoms with Crippen molar-refractivity contribution in [3.63, 3.8) is 0 Å². The highest BCUT2D eigenvalue weighted by atomic mass is 79.9. The van der Waals surface area contributed by atoms with Gasteiger partial charge in [-0.3, -0.25) is 4.79 Å². The van der Waals surface area contributed by atoms with Crippen LogP contribution in [-0.4, -0.2) is 32.1 Å². The lowest BCUT2D eigenvalue weighted by atomic mass is 10.1. The van der Waals surface area contributed by atoms with Gasteiger partial charge in [0.15, 0.2) is 11.5 Å². The lowest BCUT2D eigenvalue weighted by Gasteiger charge is -2.19. The third-order valence-electron chi connectivity index (χ3n) is 3.34. The quantitative estimate of drug-likeness (QED) is 0.812. The molecule has 5 heteroatoms. The van der Waals surface area contributed by atoms with E-state index < -0.39 is 0 Å². The molecule has 0 N–H and O–H groups in total. The van der Waals surface area contributed by atoms with Crippen LogP contribution in [0.4, 0.5) is 0 Å². The fourth-order valence-corrected chi connectivity index (χ4v) is 2.55. The number of amides is 1. The summed E-state index contributed by atoms with van der Waals surface area (Å²) in [5, 5.41) is 0. The number of carbonyl (C=O) groups excluding carboxylic acids is 1. The molecule has 0 spiro atoms. The maximum absolute atomic E-state index is 12.5. The van der Waals surface area contributed by atoms with E-state index in [0.29, 0.717) is 23.6 Å². The van der Waals surface area contributed by atoms with Gasteiger partial charge in [-0.25, -0.2) is 0 Å². The molecular formula is C17H18BrNO3.